The fourth-order valence-electron chi connectivity index (χ4n) is 4.09. The summed E-state index contributed by atoms with van der Waals surface area (Å²) >= 11 is 0. The van der Waals surface area contributed by atoms with E-state index in [0.717, 1.165) is 25.7 Å². The molecule has 0 bridgehead atoms. The first kappa shape index (κ1) is 21.8. The molecule has 1 saturated carbocycles. The lowest BCUT2D eigenvalue weighted by Crippen LogP contribution is -2.45. The molecule has 1 aromatic rings. The van der Waals surface area contributed by atoms with Gasteiger partial charge in [-0.2, -0.15) is 4.31 Å². The Hall–Kier alpha value is -1.93. The molecule has 1 amide bonds. The second kappa shape index (κ2) is 9.26. The molecular formula is C21H30N2O5S. The van der Waals surface area contributed by atoms with Gasteiger partial charge in [0.05, 0.1) is 10.5 Å². The van der Waals surface area contributed by atoms with E-state index >= 15 is 0 Å². The Kier molecular flexibility index (Phi) is 6.95. The predicted octanol–water partition coefficient (Wildman–Crippen LogP) is 2.57. The molecule has 8 heteroatoms. The van der Waals surface area contributed by atoms with Crippen LogP contribution in [0.4, 0.5) is 0 Å². The first-order valence-electron chi connectivity index (χ1n) is 10.4. The van der Waals surface area contributed by atoms with Crippen molar-refractivity contribution < 1.29 is 22.7 Å². The van der Waals surface area contributed by atoms with Crippen LogP contribution in [-0.4, -0.2) is 50.3 Å². The summed E-state index contributed by atoms with van der Waals surface area (Å²) in [4.78, 5) is 24.5. The molecule has 160 valence electrons. The van der Waals surface area contributed by atoms with Crippen LogP contribution in [0.2, 0.25) is 0 Å². The topological polar surface area (TPSA) is 92.8 Å². The van der Waals surface area contributed by atoms with Crippen LogP contribution in [0, 0.1) is 11.8 Å². The zero-order chi connectivity index (χ0) is 21.0. The van der Waals surface area contributed by atoms with Crippen molar-refractivity contribution in [3.63, 3.8) is 0 Å². The third-order valence-corrected chi connectivity index (χ3v) is 8.09. The van der Waals surface area contributed by atoms with Crippen molar-refractivity contribution in [3.8, 4) is 0 Å². The van der Waals surface area contributed by atoms with Crippen LogP contribution >= 0.6 is 0 Å². The van der Waals surface area contributed by atoms with Gasteiger partial charge >= 0.3 is 5.97 Å². The molecule has 7 nitrogen and oxygen atoms in total. The molecule has 0 spiro atoms. The minimum atomic E-state index is -3.52. The molecule has 29 heavy (non-hydrogen) atoms. The number of rotatable bonds is 6. The van der Waals surface area contributed by atoms with Crippen LogP contribution in [-0.2, 0) is 19.6 Å². The first-order chi connectivity index (χ1) is 13.8. The minimum absolute atomic E-state index is 0.111. The average molecular weight is 423 g/mol. The van der Waals surface area contributed by atoms with Gasteiger partial charge in [-0.25, -0.2) is 13.2 Å². The summed E-state index contributed by atoms with van der Waals surface area (Å²) in [6, 6.07) is 5.78. The van der Waals surface area contributed by atoms with Gasteiger partial charge in [-0.05, 0) is 55.4 Å². The summed E-state index contributed by atoms with van der Waals surface area (Å²) in [5, 5.41) is 2.97. The van der Waals surface area contributed by atoms with E-state index in [1.807, 2.05) is 0 Å². The molecule has 1 aromatic carbocycles. The van der Waals surface area contributed by atoms with Gasteiger partial charge in [0.2, 0.25) is 10.0 Å². The van der Waals surface area contributed by atoms with Crippen molar-refractivity contribution >= 4 is 21.9 Å². The number of hydrogen-bond donors (Lipinski definition) is 1. The number of amides is 1. The van der Waals surface area contributed by atoms with Crippen LogP contribution < -0.4 is 5.32 Å². The largest absolute Gasteiger partial charge is 0.452 e. The molecule has 1 heterocycles. The highest BCUT2D eigenvalue weighted by Crippen LogP contribution is 2.29. The van der Waals surface area contributed by atoms with E-state index in [-0.39, 0.29) is 29.0 Å². The Morgan fingerprint density at radius 2 is 1.72 bits per heavy atom. The highest BCUT2D eigenvalue weighted by atomic mass is 32.2. The van der Waals surface area contributed by atoms with Gasteiger partial charge < -0.3 is 10.1 Å². The first-order valence-corrected chi connectivity index (χ1v) is 11.8. The maximum atomic E-state index is 12.5. The monoisotopic (exact) mass is 422 g/mol. The van der Waals surface area contributed by atoms with E-state index < -0.39 is 16.0 Å². The van der Waals surface area contributed by atoms with Crippen LogP contribution in [0.1, 0.15) is 56.3 Å². The average Bonchev–Trinajstić information content (AvgIpc) is 3.25. The lowest BCUT2D eigenvalue weighted by Gasteiger charge is -2.34. The third-order valence-electron chi connectivity index (χ3n) is 6.18. The normalized spacial score (nSPS) is 25.5. The van der Waals surface area contributed by atoms with Gasteiger partial charge in [0.1, 0.15) is 0 Å². The number of carbonyl (C=O) groups excluding carboxylic acids is 2. The summed E-state index contributed by atoms with van der Waals surface area (Å²) in [6.07, 6.45) is 4.93. The number of hydrogen-bond acceptors (Lipinski definition) is 5. The number of nitrogens with zero attached hydrogens (tertiary/aromatic N) is 1. The smallest absolute Gasteiger partial charge is 0.338 e. The fraction of sp³-hybridized carbons (Fsp3) is 0.619. The molecule has 1 aliphatic carbocycles. The number of esters is 1. The van der Waals surface area contributed by atoms with E-state index in [1.54, 1.807) is 0 Å². The van der Waals surface area contributed by atoms with Crippen LogP contribution in [0.5, 0.6) is 0 Å². The van der Waals surface area contributed by atoms with Crippen molar-refractivity contribution in [2.24, 2.45) is 11.8 Å². The molecule has 0 aromatic heterocycles. The molecule has 2 aliphatic rings. The molecule has 1 N–H and O–H groups in total. The standard InChI is InChI=1S/C21H30N2O5S/c1-15-6-5-7-19(16(15)2)22-20(24)14-28-21(25)17-8-10-18(11-9-17)29(26,27)23-12-3-4-13-23/h8-11,15-16,19H,3-7,12-14H2,1-2H3,(H,22,24)/t15-,16-,19+/m1/s1. The highest BCUT2D eigenvalue weighted by Gasteiger charge is 2.29. The maximum Gasteiger partial charge on any atom is 0.338 e. The Morgan fingerprint density at radius 1 is 1.07 bits per heavy atom. The third kappa shape index (κ3) is 5.17. The second-order valence-corrected chi connectivity index (χ2v) is 10.1. The van der Waals surface area contributed by atoms with E-state index in [9.17, 15) is 18.0 Å². The molecule has 2 fully saturated rings. The van der Waals surface area contributed by atoms with E-state index in [1.165, 1.54) is 35.0 Å². The van der Waals surface area contributed by atoms with Crippen molar-refractivity contribution in [1.82, 2.24) is 9.62 Å². The minimum Gasteiger partial charge on any atom is -0.452 e. The molecular weight excluding hydrogens is 392 g/mol. The maximum absolute atomic E-state index is 12.5. The summed E-state index contributed by atoms with van der Waals surface area (Å²) in [5.74, 6) is 0.00770. The summed E-state index contributed by atoms with van der Waals surface area (Å²) in [5.41, 5.74) is 0.220. The Morgan fingerprint density at radius 3 is 2.38 bits per heavy atom. The Balaban J connectivity index is 1.52. The van der Waals surface area contributed by atoms with E-state index in [0.29, 0.717) is 24.9 Å². The van der Waals surface area contributed by atoms with Crippen molar-refractivity contribution in [2.45, 2.75) is 56.9 Å². The summed E-state index contributed by atoms with van der Waals surface area (Å²) < 4.78 is 31.6. The lowest BCUT2D eigenvalue weighted by molar-refractivity contribution is -0.125. The Labute approximate surface area is 172 Å². The van der Waals surface area contributed by atoms with Crippen molar-refractivity contribution in [3.05, 3.63) is 29.8 Å². The molecule has 1 aliphatic heterocycles. The number of ether oxygens (including phenoxy) is 1. The molecule has 0 radical (unpaired) electrons. The SMILES string of the molecule is C[C@@H]1[C@H](C)CCC[C@@H]1NC(=O)COC(=O)c1ccc(S(=O)(=O)N2CCCC2)cc1. The van der Waals surface area contributed by atoms with Crippen molar-refractivity contribution in [1.29, 1.82) is 0 Å². The number of carbonyl (C=O) groups is 2. The van der Waals surface area contributed by atoms with Gasteiger partial charge in [0, 0.05) is 19.1 Å². The Bertz CT molecular complexity index is 831. The summed E-state index contributed by atoms with van der Waals surface area (Å²) in [6.45, 7) is 5.04. The van der Waals surface area contributed by atoms with Gasteiger partial charge in [-0.3, -0.25) is 4.79 Å². The van der Waals surface area contributed by atoms with E-state index in [4.69, 9.17) is 4.74 Å². The second-order valence-electron chi connectivity index (χ2n) is 8.15. The molecule has 3 atom stereocenters. The zero-order valence-electron chi connectivity index (χ0n) is 17.1. The van der Waals surface area contributed by atoms with Gasteiger partial charge in [0.25, 0.3) is 5.91 Å². The van der Waals surface area contributed by atoms with E-state index in [2.05, 4.69) is 19.2 Å². The lowest BCUT2D eigenvalue weighted by atomic mass is 9.78. The molecule has 3 rings (SSSR count). The van der Waals surface area contributed by atoms with Gasteiger partial charge in [0.15, 0.2) is 6.61 Å². The summed E-state index contributed by atoms with van der Waals surface area (Å²) in [7, 11) is -3.52. The number of nitrogens with one attached hydrogen (secondary N) is 1. The van der Waals surface area contributed by atoms with Crippen molar-refractivity contribution in [2.75, 3.05) is 19.7 Å². The number of benzene rings is 1. The quantitative estimate of drug-likeness (QED) is 0.711. The molecule has 0 unspecified atom stereocenters. The van der Waals surface area contributed by atoms with Gasteiger partial charge in [-0.1, -0.05) is 26.7 Å². The fourth-order valence-corrected chi connectivity index (χ4v) is 5.61. The predicted molar refractivity (Wildman–Crippen MR) is 109 cm³/mol. The van der Waals surface area contributed by atoms with Crippen LogP contribution in [0.15, 0.2) is 29.2 Å². The molecule has 1 saturated heterocycles. The van der Waals surface area contributed by atoms with Crippen LogP contribution in [0.3, 0.4) is 0 Å². The van der Waals surface area contributed by atoms with Crippen LogP contribution in [0.25, 0.3) is 0 Å². The van der Waals surface area contributed by atoms with Gasteiger partial charge in [-0.15, -0.1) is 0 Å². The highest BCUT2D eigenvalue weighted by molar-refractivity contribution is 7.89. The number of sulfonamides is 1. The zero-order valence-corrected chi connectivity index (χ0v) is 17.9.